The van der Waals surface area contributed by atoms with Crippen molar-refractivity contribution in [3.8, 4) is 0 Å². The third-order valence-electron chi connectivity index (χ3n) is 2.95. The second-order valence-electron chi connectivity index (χ2n) is 4.14. The lowest BCUT2D eigenvalue weighted by molar-refractivity contribution is 0.0739. The first-order chi connectivity index (χ1) is 8.07. The van der Waals surface area contributed by atoms with E-state index in [1.807, 2.05) is 25.7 Å². The van der Waals surface area contributed by atoms with Gasteiger partial charge in [0.2, 0.25) is 0 Å². The molecule has 1 atom stereocenters. The topological polar surface area (TPSA) is 33.5 Å². The molecule has 0 aliphatic rings. The zero-order chi connectivity index (χ0) is 12.8. The van der Waals surface area contributed by atoms with Crippen molar-refractivity contribution in [2.45, 2.75) is 33.2 Å². The minimum Gasteiger partial charge on any atom is -0.469 e. The summed E-state index contributed by atoms with van der Waals surface area (Å²) in [7, 11) is 1.86. The lowest BCUT2D eigenvalue weighted by Gasteiger charge is -2.24. The van der Waals surface area contributed by atoms with Crippen molar-refractivity contribution in [1.82, 2.24) is 4.90 Å². The van der Waals surface area contributed by atoms with Crippen LogP contribution in [-0.4, -0.2) is 35.4 Å². The number of furan rings is 1. The molecule has 0 aliphatic heterocycles. The van der Waals surface area contributed by atoms with Gasteiger partial charge < -0.3 is 9.32 Å². The molecule has 0 N–H and O–H groups in total. The summed E-state index contributed by atoms with van der Waals surface area (Å²) in [6.07, 6.45) is 2.59. The summed E-state index contributed by atoms with van der Waals surface area (Å²) in [4.78, 5) is 14.0. The van der Waals surface area contributed by atoms with Crippen LogP contribution in [0.1, 0.15) is 36.4 Å². The highest BCUT2D eigenvalue weighted by molar-refractivity contribution is 7.99. The molecule has 1 aromatic rings. The molecule has 1 heterocycles. The number of hydrogen-bond acceptors (Lipinski definition) is 3. The molecule has 0 bridgehead atoms. The lowest BCUT2D eigenvalue weighted by Crippen LogP contribution is -2.35. The average Bonchev–Trinajstić information content (AvgIpc) is 2.73. The highest BCUT2D eigenvalue weighted by atomic mass is 32.2. The number of carbonyl (C=O) groups excluding carboxylic acids is 1. The number of aryl methyl sites for hydroxylation is 1. The van der Waals surface area contributed by atoms with Gasteiger partial charge in [0.25, 0.3) is 5.91 Å². The summed E-state index contributed by atoms with van der Waals surface area (Å²) in [6.45, 7) is 6.06. The molecule has 0 spiro atoms. The lowest BCUT2D eigenvalue weighted by atomic mass is 10.2. The maximum absolute atomic E-state index is 12.2. The Labute approximate surface area is 108 Å². The molecule has 0 fully saturated rings. The Balaban J connectivity index is 2.54. The van der Waals surface area contributed by atoms with E-state index in [4.69, 9.17) is 4.42 Å². The molecular formula is C13H21NO2S. The Morgan fingerprint density at radius 2 is 2.29 bits per heavy atom. The highest BCUT2D eigenvalue weighted by Crippen LogP contribution is 2.15. The zero-order valence-corrected chi connectivity index (χ0v) is 11.8. The molecule has 0 saturated heterocycles. The molecule has 0 radical (unpaired) electrons. The number of hydrogen-bond donors (Lipinski definition) is 0. The van der Waals surface area contributed by atoms with Crippen molar-refractivity contribution in [3.63, 3.8) is 0 Å². The monoisotopic (exact) mass is 255 g/mol. The van der Waals surface area contributed by atoms with Crippen molar-refractivity contribution in [3.05, 3.63) is 23.7 Å². The van der Waals surface area contributed by atoms with E-state index in [-0.39, 0.29) is 11.9 Å². The third kappa shape index (κ3) is 3.80. The van der Waals surface area contributed by atoms with Crippen LogP contribution in [0.15, 0.2) is 16.7 Å². The van der Waals surface area contributed by atoms with E-state index in [1.165, 1.54) is 0 Å². The van der Waals surface area contributed by atoms with Crippen molar-refractivity contribution >= 4 is 17.7 Å². The van der Waals surface area contributed by atoms with Gasteiger partial charge in [0.1, 0.15) is 5.76 Å². The molecule has 0 unspecified atom stereocenters. The Bertz CT molecular complexity index is 362. The largest absolute Gasteiger partial charge is 0.469 e. The number of nitrogens with zero attached hydrogens (tertiary/aromatic N) is 1. The summed E-state index contributed by atoms with van der Waals surface area (Å²) >= 11 is 1.91. The quantitative estimate of drug-likeness (QED) is 0.732. The fourth-order valence-corrected chi connectivity index (χ4v) is 2.39. The maximum atomic E-state index is 12.2. The van der Waals surface area contributed by atoms with Crippen LogP contribution in [0.5, 0.6) is 0 Å². The van der Waals surface area contributed by atoms with E-state index < -0.39 is 0 Å². The second-order valence-corrected chi connectivity index (χ2v) is 5.53. The van der Waals surface area contributed by atoms with E-state index in [0.717, 1.165) is 17.9 Å². The minimum absolute atomic E-state index is 0.0465. The molecule has 0 saturated carbocycles. The molecule has 0 aliphatic carbocycles. The van der Waals surface area contributed by atoms with E-state index in [0.29, 0.717) is 11.3 Å². The first-order valence-electron chi connectivity index (χ1n) is 5.97. The number of rotatable bonds is 6. The van der Waals surface area contributed by atoms with Crippen LogP contribution in [0, 0.1) is 6.92 Å². The van der Waals surface area contributed by atoms with Crippen LogP contribution in [0.4, 0.5) is 0 Å². The van der Waals surface area contributed by atoms with Gasteiger partial charge in [-0.15, -0.1) is 0 Å². The summed E-state index contributed by atoms with van der Waals surface area (Å²) in [6, 6.07) is 2.00. The number of carbonyl (C=O) groups is 1. The minimum atomic E-state index is 0.0465. The van der Waals surface area contributed by atoms with Gasteiger partial charge in [-0.25, -0.2) is 0 Å². The van der Waals surface area contributed by atoms with Crippen molar-refractivity contribution < 1.29 is 9.21 Å². The van der Waals surface area contributed by atoms with Gasteiger partial charge in [-0.05, 0) is 37.8 Å². The van der Waals surface area contributed by atoms with Crippen molar-refractivity contribution in [1.29, 1.82) is 0 Å². The normalized spacial score (nSPS) is 12.5. The number of thioether (sulfide) groups is 1. The predicted molar refractivity (Wildman–Crippen MR) is 72.6 cm³/mol. The van der Waals surface area contributed by atoms with Crippen LogP contribution in [0.2, 0.25) is 0 Å². The zero-order valence-electron chi connectivity index (χ0n) is 11.0. The Kier molecular flexibility index (Phi) is 5.62. The summed E-state index contributed by atoms with van der Waals surface area (Å²) in [5.74, 6) is 2.97. The second kappa shape index (κ2) is 6.74. The predicted octanol–water partition coefficient (Wildman–Crippen LogP) is 3.19. The molecule has 17 heavy (non-hydrogen) atoms. The van der Waals surface area contributed by atoms with E-state index in [2.05, 4.69) is 13.8 Å². The first-order valence-corrected chi connectivity index (χ1v) is 7.12. The molecule has 4 heteroatoms. The molecular weight excluding hydrogens is 234 g/mol. The molecule has 1 aromatic heterocycles. The van der Waals surface area contributed by atoms with Crippen LogP contribution >= 0.6 is 11.8 Å². The van der Waals surface area contributed by atoms with Crippen LogP contribution in [0.3, 0.4) is 0 Å². The fourth-order valence-electron chi connectivity index (χ4n) is 1.59. The molecule has 3 nitrogen and oxygen atoms in total. The SMILES string of the molecule is CCSCC[C@@H](C)N(C)C(=O)c1ccoc1C. The highest BCUT2D eigenvalue weighted by Gasteiger charge is 2.20. The van der Waals surface area contributed by atoms with Crippen molar-refractivity contribution in [2.24, 2.45) is 0 Å². The van der Waals surface area contributed by atoms with Crippen molar-refractivity contribution in [2.75, 3.05) is 18.6 Å². The van der Waals surface area contributed by atoms with Crippen LogP contribution in [0.25, 0.3) is 0 Å². The van der Waals surface area contributed by atoms with Gasteiger partial charge >= 0.3 is 0 Å². The van der Waals surface area contributed by atoms with Gasteiger partial charge in [0.15, 0.2) is 0 Å². The van der Waals surface area contributed by atoms with Gasteiger partial charge in [-0.1, -0.05) is 6.92 Å². The van der Waals surface area contributed by atoms with Gasteiger partial charge in [0, 0.05) is 13.1 Å². The van der Waals surface area contributed by atoms with Gasteiger partial charge in [-0.2, -0.15) is 11.8 Å². The van der Waals surface area contributed by atoms with Gasteiger partial charge in [-0.3, -0.25) is 4.79 Å². The maximum Gasteiger partial charge on any atom is 0.257 e. The first kappa shape index (κ1) is 14.2. The Morgan fingerprint density at radius 3 is 2.82 bits per heavy atom. The standard InChI is InChI=1S/C13H21NO2S/c1-5-17-9-7-10(2)14(4)13(15)12-6-8-16-11(12)3/h6,8,10H,5,7,9H2,1-4H3/t10-/m1/s1. The average molecular weight is 255 g/mol. The summed E-state index contributed by atoms with van der Waals surface area (Å²) in [5, 5.41) is 0. The van der Waals surface area contributed by atoms with Crippen LogP contribution in [-0.2, 0) is 0 Å². The summed E-state index contributed by atoms with van der Waals surface area (Å²) in [5.41, 5.74) is 0.669. The smallest absolute Gasteiger partial charge is 0.257 e. The Morgan fingerprint density at radius 1 is 1.59 bits per heavy atom. The Hall–Kier alpha value is -0.900. The van der Waals surface area contributed by atoms with E-state index in [9.17, 15) is 4.79 Å². The molecule has 1 amide bonds. The third-order valence-corrected chi connectivity index (χ3v) is 3.89. The van der Waals surface area contributed by atoms with Crippen LogP contribution < -0.4 is 0 Å². The van der Waals surface area contributed by atoms with Gasteiger partial charge in [0.05, 0.1) is 11.8 Å². The number of amides is 1. The molecule has 0 aromatic carbocycles. The summed E-state index contributed by atoms with van der Waals surface area (Å²) < 4.78 is 5.16. The molecule has 1 rings (SSSR count). The fraction of sp³-hybridized carbons (Fsp3) is 0.615. The van der Waals surface area contributed by atoms with E-state index >= 15 is 0 Å². The van der Waals surface area contributed by atoms with E-state index in [1.54, 1.807) is 17.2 Å². The molecule has 96 valence electrons.